The molecule has 3 rings (SSSR count). The largest absolute Gasteiger partial charge is 0.506 e. The lowest BCUT2D eigenvalue weighted by atomic mass is 10.0. The molecular formula is C14H14N2O2S. The highest BCUT2D eigenvalue weighted by molar-refractivity contribution is 7.12. The number of benzene rings is 1. The molecule has 0 bridgehead atoms. The van der Waals surface area contributed by atoms with E-state index < -0.39 is 0 Å². The van der Waals surface area contributed by atoms with Gasteiger partial charge in [0.05, 0.1) is 16.9 Å². The number of thiazole rings is 1. The van der Waals surface area contributed by atoms with Crippen LogP contribution >= 0.6 is 11.3 Å². The number of amides is 1. The van der Waals surface area contributed by atoms with Gasteiger partial charge in [-0.25, -0.2) is 4.98 Å². The van der Waals surface area contributed by atoms with Gasteiger partial charge in [-0.05, 0) is 31.4 Å². The summed E-state index contributed by atoms with van der Waals surface area (Å²) in [6.45, 7) is 2.47. The molecule has 4 nitrogen and oxygen atoms in total. The Morgan fingerprint density at radius 2 is 2.32 bits per heavy atom. The molecule has 0 saturated heterocycles. The number of para-hydroxylation sites is 1. The number of carbonyl (C=O) groups excluding carboxylic acids is 1. The van der Waals surface area contributed by atoms with Crippen LogP contribution in [0.25, 0.3) is 0 Å². The first kappa shape index (κ1) is 12.2. The number of hydrogen-bond donors (Lipinski definition) is 1. The number of rotatable bonds is 1. The summed E-state index contributed by atoms with van der Waals surface area (Å²) < 4.78 is 0. The molecule has 0 spiro atoms. The van der Waals surface area contributed by atoms with Gasteiger partial charge in [0.15, 0.2) is 0 Å². The number of anilines is 1. The van der Waals surface area contributed by atoms with Crippen molar-refractivity contribution in [2.45, 2.75) is 19.8 Å². The molecule has 2 heterocycles. The maximum atomic E-state index is 12.6. The summed E-state index contributed by atoms with van der Waals surface area (Å²) in [6.07, 6.45) is 1.81. The van der Waals surface area contributed by atoms with Crippen LogP contribution < -0.4 is 4.90 Å². The van der Waals surface area contributed by atoms with Gasteiger partial charge >= 0.3 is 0 Å². The number of aromatic nitrogens is 1. The van der Waals surface area contributed by atoms with E-state index in [0.29, 0.717) is 17.1 Å². The third-order valence-electron chi connectivity index (χ3n) is 3.38. The van der Waals surface area contributed by atoms with E-state index in [1.165, 1.54) is 11.3 Å². The van der Waals surface area contributed by atoms with Crippen molar-refractivity contribution in [1.82, 2.24) is 4.98 Å². The van der Waals surface area contributed by atoms with Gasteiger partial charge in [0, 0.05) is 6.54 Å². The van der Waals surface area contributed by atoms with Crippen molar-refractivity contribution >= 4 is 22.9 Å². The maximum absolute atomic E-state index is 12.6. The van der Waals surface area contributed by atoms with E-state index in [4.69, 9.17) is 0 Å². The molecule has 0 saturated carbocycles. The highest BCUT2D eigenvalue weighted by atomic mass is 32.1. The van der Waals surface area contributed by atoms with Gasteiger partial charge in [0.1, 0.15) is 10.6 Å². The number of phenolic OH excluding ortho intramolecular Hbond substituents is 1. The number of aryl methyl sites for hydroxylation is 2. The Kier molecular flexibility index (Phi) is 2.98. The molecule has 5 heteroatoms. The third kappa shape index (κ3) is 2.00. The minimum atomic E-state index is -0.0672. The Morgan fingerprint density at radius 3 is 3.05 bits per heavy atom. The number of nitrogens with zero attached hydrogens (tertiary/aromatic N) is 2. The molecule has 19 heavy (non-hydrogen) atoms. The van der Waals surface area contributed by atoms with Crippen LogP contribution in [-0.4, -0.2) is 22.5 Å². The SMILES string of the molecule is Cc1ncsc1C(=O)N1CCCc2cccc(O)c21. The first-order chi connectivity index (χ1) is 9.18. The number of fused-ring (bicyclic) bond motifs is 1. The van der Waals surface area contributed by atoms with Crippen molar-refractivity contribution in [2.24, 2.45) is 0 Å². The van der Waals surface area contributed by atoms with E-state index in [2.05, 4.69) is 4.98 Å². The zero-order valence-electron chi connectivity index (χ0n) is 10.6. The standard InChI is InChI=1S/C14H14N2O2S/c1-9-13(19-8-15-9)14(18)16-7-3-5-10-4-2-6-11(17)12(10)16/h2,4,6,8,17H,3,5,7H2,1H3. The molecule has 1 aliphatic heterocycles. The fraction of sp³-hybridized carbons (Fsp3) is 0.286. The molecule has 0 radical (unpaired) electrons. The topological polar surface area (TPSA) is 53.4 Å². The quantitative estimate of drug-likeness (QED) is 0.870. The van der Waals surface area contributed by atoms with Crippen LogP contribution in [0.2, 0.25) is 0 Å². The molecular weight excluding hydrogens is 260 g/mol. The lowest BCUT2D eigenvalue weighted by Crippen LogP contribution is -2.35. The second-order valence-electron chi connectivity index (χ2n) is 4.61. The van der Waals surface area contributed by atoms with Gasteiger partial charge < -0.3 is 10.0 Å². The van der Waals surface area contributed by atoms with E-state index >= 15 is 0 Å². The summed E-state index contributed by atoms with van der Waals surface area (Å²) in [5.74, 6) is 0.107. The molecule has 2 aromatic rings. The molecule has 0 atom stereocenters. The normalized spacial score (nSPS) is 14.3. The van der Waals surface area contributed by atoms with Gasteiger partial charge in [-0.2, -0.15) is 0 Å². The molecule has 1 aliphatic rings. The fourth-order valence-electron chi connectivity index (χ4n) is 2.46. The Balaban J connectivity index is 2.05. The predicted octanol–water partition coefficient (Wildman–Crippen LogP) is 2.75. The second-order valence-corrected chi connectivity index (χ2v) is 5.47. The highest BCUT2D eigenvalue weighted by Crippen LogP contribution is 2.36. The van der Waals surface area contributed by atoms with Crippen molar-refractivity contribution in [3.05, 3.63) is 39.8 Å². The van der Waals surface area contributed by atoms with E-state index in [1.807, 2.05) is 19.1 Å². The predicted molar refractivity (Wildman–Crippen MR) is 75.0 cm³/mol. The third-order valence-corrected chi connectivity index (χ3v) is 4.30. The first-order valence-electron chi connectivity index (χ1n) is 6.21. The van der Waals surface area contributed by atoms with Gasteiger partial charge in [0.25, 0.3) is 5.91 Å². The summed E-state index contributed by atoms with van der Waals surface area (Å²) in [5.41, 5.74) is 4.11. The van der Waals surface area contributed by atoms with Crippen molar-refractivity contribution in [2.75, 3.05) is 11.4 Å². The first-order valence-corrected chi connectivity index (χ1v) is 7.09. The molecule has 0 unspecified atom stereocenters. The Morgan fingerprint density at radius 1 is 1.47 bits per heavy atom. The molecule has 0 aliphatic carbocycles. The fourth-order valence-corrected chi connectivity index (χ4v) is 3.21. The van der Waals surface area contributed by atoms with Crippen LogP contribution in [0.3, 0.4) is 0 Å². The lowest BCUT2D eigenvalue weighted by Gasteiger charge is -2.29. The van der Waals surface area contributed by atoms with Crippen LogP contribution in [0.15, 0.2) is 23.7 Å². The van der Waals surface area contributed by atoms with E-state index in [-0.39, 0.29) is 11.7 Å². The number of aromatic hydroxyl groups is 1. The van der Waals surface area contributed by atoms with Gasteiger partial charge in [0.2, 0.25) is 0 Å². The van der Waals surface area contributed by atoms with E-state index in [0.717, 1.165) is 24.1 Å². The number of carbonyl (C=O) groups is 1. The average Bonchev–Trinajstić information content (AvgIpc) is 2.84. The van der Waals surface area contributed by atoms with Gasteiger partial charge in [-0.1, -0.05) is 12.1 Å². The van der Waals surface area contributed by atoms with Crippen molar-refractivity contribution < 1.29 is 9.90 Å². The van der Waals surface area contributed by atoms with Crippen LogP contribution in [0.5, 0.6) is 5.75 Å². The average molecular weight is 274 g/mol. The van der Waals surface area contributed by atoms with Crippen molar-refractivity contribution in [3.63, 3.8) is 0 Å². The molecule has 1 aromatic heterocycles. The zero-order valence-corrected chi connectivity index (χ0v) is 11.4. The summed E-state index contributed by atoms with van der Waals surface area (Å²) in [4.78, 5) is 19.0. The lowest BCUT2D eigenvalue weighted by molar-refractivity contribution is 0.0987. The monoisotopic (exact) mass is 274 g/mol. The van der Waals surface area contributed by atoms with Crippen molar-refractivity contribution in [1.29, 1.82) is 0 Å². The minimum Gasteiger partial charge on any atom is -0.506 e. The molecule has 0 fully saturated rings. The summed E-state index contributed by atoms with van der Waals surface area (Å²) in [5, 5.41) is 10.0. The molecule has 1 N–H and O–H groups in total. The zero-order chi connectivity index (χ0) is 13.4. The van der Waals surface area contributed by atoms with Gasteiger partial charge in [-0.3, -0.25) is 4.79 Å². The summed E-state index contributed by atoms with van der Waals surface area (Å²) in [6, 6.07) is 5.41. The number of hydrogen-bond acceptors (Lipinski definition) is 4. The Labute approximate surface area is 115 Å². The second kappa shape index (κ2) is 4.66. The molecule has 1 amide bonds. The van der Waals surface area contributed by atoms with Crippen LogP contribution in [-0.2, 0) is 6.42 Å². The van der Waals surface area contributed by atoms with Crippen LogP contribution in [0.4, 0.5) is 5.69 Å². The maximum Gasteiger partial charge on any atom is 0.270 e. The van der Waals surface area contributed by atoms with E-state index in [1.54, 1.807) is 16.5 Å². The molecule has 1 aromatic carbocycles. The van der Waals surface area contributed by atoms with Crippen LogP contribution in [0, 0.1) is 6.92 Å². The minimum absolute atomic E-state index is 0.0672. The smallest absolute Gasteiger partial charge is 0.270 e. The summed E-state index contributed by atoms with van der Waals surface area (Å²) >= 11 is 1.35. The van der Waals surface area contributed by atoms with Crippen LogP contribution in [0.1, 0.15) is 27.3 Å². The Bertz CT molecular complexity index is 636. The number of phenols is 1. The Hall–Kier alpha value is -1.88. The highest BCUT2D eigenvalue weighted by Gasteiger charge is 2.27. The molecule has 98 valence electrons. The van der Waals surface area contributed by atoms with Crippen molar-refractivity contribution in [3.8, 4) is 5.75 Å². The summed E-state index contributed by atoms with van der Waals surface area (Å²) in [7, 11) is 0. The van der Waals surface area contributed by atoms with Gasteiger partial charge in [-0.15, -0.1) is 11.3 Å². The van der Waals surface area contributed by atoms with E-state index in [9.17, 15) is 9.90 Å².